The van der Waals surface area contributed by atoms with Crippen molar-refractivity contribution in [2.45, 2.75) is 31.2 Å². The number of rotatable bonds is 3. The fourth-order valence-electron chi connectivity index (χ4n) is 2.58. The van der Waals surface area contributed by atoms with E-state index < -0.39 is 0 Å². The smallest absolute Gasteiger partial charge is 0.0723 e. The van der Waals surface area contributed by atoms with Crippen molar-refractivity contribution in [3.8, 4) is 0 Å². The molecule has 1 atom stereocenters. The number of nitrogens with zero attached hydrogens (tertiary/aromatic N) is 2. The maximum atomic E-state index is 6.27. The minimum Gasteiger partial charge on any atom is -0.319 e. The molecule has 0 bridgehead atoms. The molecule has 2 N–H and O–H groups in total. The third-order valence-electron chi connectivity index (χ3n) is 4.05. The molecule has 3 heteroatoms. The average molecular weight is 241 g/mol. The van der Waals surface area contributed by atoms with Crippen LogP contribution in [0.4, 0.5) is 0 Å². The predicted octanol–water partition coefficient (Wildman–Crippen LogP) is 2.74. The van der Waals surface area contributed by atoms with E-state index >= 15 is 0 Å². The summed E-state index contributed by atoms with van der Waals surface area (Å²) >= 11 is 0. The van der Waals surface area contributed by atoms with Gasteiger partial charge in [-0.25, -0.2) is 0 Å². The first-order valence-corrected chi connectivity index (χ1v) is 6.59. The van der Waals surface area contributed by atoms with E-state index in [9.17, 15) is 0 Å². The summed E-state index contributed by atoms with van der Waals surface area (Å²) in [5.74, 6) is 0.784. The molecule has 1 unspecified atom stereocenters. The van der Waals surface area contributed by atoms with Crippen molar-refractivity contribution in [3.05, 3.63) is 53.3 Å². The topological polar surface area (TPSA) is 43.8 Å². The maximum Gasteiger partial charge on any atom is 0.0723 e. The summed E-state index contributed by atoms with van der Waals surface area (Å²) in [4.78, 5) is 0. The van der Waals surface area contributed by atoms with Crippen molar-refractivity contribution < 1.29 is 0 Å². The second-order valence-corrected chi connectivity index (χ2v) is 5.15. The van der Waals surface area contributed by atoms with Gasteiger partial charge in [-0.05, 0) is 36.0 Å². The van der Waals surface area contributed by atoms with Crippen molar-refractivity contribution in [1.29, 1.82) is 0 Å². The van der Waals surface area contributed by atoms with Crippen molar-refractivity contribution in [3.63, 3.8) is 0 Å². The lowest BCUT2D eigenvalue weighted by Gasteiger charge is -2.26. The molecule has 94 valence electrons. The first-order valence-electron chi connectivity index (χ1n) is 6.59. The molecule has 0 saturated heterocycles. The lowest BCUT2D eigenvalue weighted by molar-refractivity contribution is 0.419. The van der Waals surface area contributed by atoms with Gasteiger partial charge in [0.2, 0.25) is 0 Å². The Kier molecular flexibility index (Phi) is 2.92. The minimum absolute atomic E-state index is 0.0899. The van der Waals surface area contributed by atoms with Crippen LogP contribution in [0.25, 0.3) is 0 Å². The van der Waals surface area contributed by atoms with Gasteiger partial charge in [0.1, 0.15) is 0 Å². The van der Waals surface area contributed by atoms with E-state index in [1.54, 1.807) is 6.20 Å². The lowest BCUT2D eigenvalue weighted by Crippen LogP contribution is -2.16. The summed E-state index contributed by atoms with van der Waals surface area (Å²) in [6, 6.07) is 10.7. The van der Waals surface area contributed by atoms with Crippen LogP contribution in [0.3, 0.4) is 0 Å². The summed E-state index contributed by atoms with van der Waals surface area (Å²) < 4.78 is 1.84. The third-order valence-corrected chi connectivity index (χ3v) is 4.05. The van der Waals surface area contributed by atoms with Gasteiger partial charge in [-0.2, -0.15) is 5.10 Å². The average Bonchev–Trinajstić information content (AvgIpc) is 2.73. The van der Waals surface area contributed by atoms with Crippen molar-refractivity contribution in [2.75, 3.05) is 0 Å². The molecule has 0 radical (unpaired) electrons. The normalized spacial score (nSPS) is 17.4. The van der Waals surface area contributed by atoms with E-state index in [4.69, 9.17) is 5.73 Å². The Morgan fingerprint density at radius 3 is 2.44 bits per heavy atom. The van der Waals surface area contributed by atoms with Gasteiger partial charge < -0.3 is 5.73 Å². The molecule has 1 aliphatic rings. The van der Waals surface area contributed by atoms with Crippen molar-refractivity contribution in [1.82, 2.24) is 9.78 Å². The van der Waals surface area contributed by atoms with Crippen LogP contribution in [-0.2, 0) is 7.05 Å². The largest absolute Gasteiger partial charge is 0.319 e. The van der Waals surface area contributed by atoms with Crippen LogP contribution < -0.4 is 5.73 Å². The van der Waals surface area contributed by atoms with Gasteiger partial charge >= 0.3 is 0 Å². The minimum atomic E-state index is -0.0899. The zero-order chi connectivity index (χ0) is 12.5. The quantitative estimate of drug-likeness (QED) is 0.898. The monoisotopic (exact) mass is 241 g/mol. The molecule has 1 fully saturated rings. The zero-order valence-electron chi connectivity index (χ0n) is 10.7. The summed E-state index contributed by atoms with van der Waals surface area (Å²) in [5, 5.41) is 4.17. The van der Waals surface area contributed by atoms with Crippen LogP contribution in [0.1, 0.15) is 48.0 Å². The Morgan fingerprint density at radius 2 is 1.94 bits per heavy atom. The van der Waals surface area contributed by atoms with Gasteiger partial charge in [-0.1, -0.05) is 30.7 Å². The van der Waals surface area contributed by atoms with Crippen LogP contribution in [-0.4, -0.2) is 9.78 Å². The number of aromatic nitrogens is 2. The molecule has 1 aromatic carbocycles. The van der Waals surface area contributed by atoms with E-state index in [-0.39, 0.29) is 6.04 Å². The highest BCUT2D eigenvalue weighted by Gasteiger charge is 2.19. The molecule has 1 aromatic heterocycles. The molecule has 3 rings (SSSR count). The molecule has 18 heavy (non-hydrogen) atoms. The molecule has 0 spiro atoms. The molecule has 2 aromatic rings. The first kappa shape index (κ1) is 11.5. The third kappa shape index (κ3) is 1.95. The SMILES string of the molecule is Cn1nccc1C(N)c1ccc(C2CCC2)cc1. The molecular weight excluding hydrogens is 222 g/mol. The Bertz CT molecular complexity index is 523. The standard InChI is InChI=1S/C15H19N3/c1-18-14(9-10-17-18)15(16)13-7-5-12(6-8-13)11-3-2-4-11/h5-11,15H,2-4,16H2,1H3. The summed E-state index contributed by atoms with van der Waals surface area (Å²) in [6.07, 6.45) is 5.85. The van der Waals surface area contributed by atoms with E-state index in [0.717, 1.165) is 17.2 Å². The van der Waals surface area contributed by atoms with E-state index in [1.165, 1.54) is 24.8 Å². The molecular formula is C15H19N3. The van der Waals surface area contributed by atoms with Crippen LogP contribution in [0.15, 0.2) is 36.5 Å². The second kappa shape index (κ2) is 4.58. The van der Waals surface area contributed by atoms with Gasteiger partial charge in [0.15, 0.2) is 0 Å². The highest BCUT2D eigenvalue weighted by molar-refractivity contribution is 5.32. The van der Waals surface area contributed by atoms with Crippen LogP contribution in [0.2, 0.25) is 0 Å². The predicted molar refractivity (Wildman–Crippen MR) is 72.3 cm³/mol. The summed E-state index contributed by atoms with van der Waals surface area (Å²) in [5.41, 5.74) is 9.94. The molecule has 1 heterocycles. The van der Waals surface area contributed by atoms with Gasteiger partial charge in [0, 0.05) is 13.2 Å². The Balaban J connectivity index is 1.82. The number of aryl methyl sites for hydroxylation is 1. The Labute approximate surface area is 108 Å². The van der Waals surface area contributed by atoms with Crippen LogP contribution in [0.5, 0.6) is 0 Å². The number of hydrogen-bond donors (Lipinski definition) is 1. The van der Waals surface area contributed by atoms with Crippen molar-refractivity contribution >= 4 is 0 Å². The lowest BCUT2D eigenvalue weighted by atomic mass is 9.80. The van der Waals surface area contributed by atoms with Gasteiger partial charge in [-0.15, -0.1) is 0 Å². The molecule has 0 amide bonds. The first-order chi connectivity index (χ1) is 8.75. The number of hydrogen-bond acceptors (Lipinski definition) is 2. The molecule has 0 aliphatic heterocycles. The van der Waals surface area contributed by atoms with E-state index in [0.29, 0.717) is 0 Å². The Hall–Kier alpha value is -1.61. The number of benzene rings is 1. The molecule has 1 aliphatic carbocycles. The Morgan fingerprint density at radius 1 is 1.22 bits per heavy atom. The molecule has 1 saturated carbocycles. The number of nitrogens with two attached hydrogens (primary N) is 1. The van der Waals surface area contributed by atoms with Gasteiger partial charge in [0.25, 0.3) is 0 Å². The van der Waals surface area contributed by atoms with Crippen molar-refractivity contribution in [2.24, 2.45) is 12.8 Å². The fraction of sp³-hybridized carbons (Fsp3) is 0.400. The fourth-order valence-corrected chi connectivity index (χ4v) is 2.58. The van der Waals surface area contributed by atoms with Crippen LogP contribution in [0, 0.1) is 0 Å². The summed E-state index contributed by atoms with van der Waals surface area (Å²) in [6.45, 7) is 0. The highest BCUT2D eigenvalue weighted by atomic mass is 15.3. The van der Waals surface area contributed by atoms with Gasteiger partial charge in [0.05, 0.1) is 11.7 Å². The molecule has 3 nitrogen and oxygen atoms in total. The van der Waals surface area contributed by atoms with E-state index in [1.807, 2.05) is 17.8 Å². The summed E-state index contributed by atoms with van der Waals surface area (Å²) in [7, 11) is 1.93. The second-order valence-electron chi connectivity index (χ2n) is 5.15. The highest BCUT2D eigenvalue weighted by Crippen LogP contribution is 2.36. The maximum absolute atomic E-state index is 6.27. The van der Waals surface area contributed by atoms with Crippen LogP contribution >= 0.6 is 0 Å². The zero-order valence-corrected chi connectivity index (χ0v) is 10.7. The van der Waals surface area contributed by atoms with E-state index in [2.05, 4.69) is 29.4 Å². The van der Waals surface area contributed by atoms with Gasteiger partial charge in [-0.3, -0.25) is 4.68 Å².